The van der Waals surface area contributed by atoms with E-state index in [1.807, 2.05) is 40.7 Å². The summed E-state index contributed by atoms with van der Waals surface area (Å²) >= 11 is 0. The topological polar surface area (TPSA) is 127 Å². The van der Waals surface area contributed by atoms with Gasteiger partial charge < -0.3 is 57.6 Å². The number of carbonyl (C=O) groups is 1. The number of hydrogen-bond donors (Lipinski definition) is 1. The zero-order valence-corrected chi connectivity index (χ0v) is 35.5. The number of hydrogen-bond acceptors (Lipinski definition) is 10. The van der Waals surface area contributed by atoms with Crippen LogP contribution in [0.25, 0.3) is 9.69 Å². The number of fused-ring (bicyclic) bond motifs is 1. The second kappa shape index (κ2) is 22.3. The average molecular weight is 844 g/mol. The minimum atomic E-state index is -0.870. The summed E-state index contributed by atoms with van der Waals surface area (Å²) in [5.41, 5.74) is 2.69. The Balaban J connectivity index is 0.000000466. The van der Waals surface area contributed by atoms with Gasteiger partial charge >= 0.3 is 37.3 Å². The Morgan fingerprint density at radius 1 is 0.836 bits per heavy atom. The minimum Gasteiger partial charge on any atom is -1.00 e. The molecule has 3 aliphatic heterocycles. The number of aldehydes is 1. The molecule has 0 spiro atoms. The predicted octanol–water partition coefficient (Wildman–Crippen LogP) is 4.03. The Labute approximate surface area is 356 Å². The maximum atomic E-state index is 11.6. The fourth-order valence-corrected chi connectivity index (χ4v) is 5.19. The molecule has 2 aromatic carbocycles. The van der Waals surface area contributed by atoms with Gasteiger partial charge in [-0.25, -0.2) is 19.7 Å². The van der Waals surface area contributed by atoms with Crippen molar-refractivity contribution >= 4 is 78.3 Å². The third-order valence-electron chi connectivity index (χ3n) is 8.76. The molecule has 4 aromatic rings. The van der Waals surface area contributed by atoms with Crippen LogP contribution in [0.15, 0.2) is 73.1 Å². The molecule has 17 heteroatoms. The first kappa shape index (κ1) is 49.5. The Morgan fingerprint density at radius 3 is 1.75 bits per heavy atom. The van der Waals surface area contributed by atoms with Crippen molar-refractivity contribution in [3.63, 3.8) is 0 Å². The van der Waals surface area contributed by atoms with E-state index in [1.54, 1.807) is 54.6 Å². The Kier molecular flexibility index (Phi) is 20.0. The van der Waals surface area contributed by atoms with Gasteiger partial charge in [0.1, 0.15) is 17.8 Å². The molecule has 5 heterocycles. The number of benzene rings is 2. The van der Waals surface area contributed by atoms with Crippen LogP contribution in [-0.2, 0) is 18.7 Å². The molecule has 0 radical (unpaired) electrons. The zero-order chi connectivity index (χ0) is 36.6. The maximum absolute atomic E-state index is 11.6. The molecule has 12 nitrogen and oxygen atoms in total. The first-order valence-electron chi connectivity index (χ1n) is 16.5. The van der Waals surface area contributed by atoms with E-state index in [-0.39, 0.29) is 66.0 Å². The summed E-state index contributed by atoms with van der Waals surface area (Å²) in [5.74, 6) is 1.86. The van der Waals surface area contributed by atoms with Gasteiger partial charge in [0.15, 0.2) is 0 Å². The fraction of sp³-hybridized carbons (Fsp3) is 0.316. The molecule has 2 aromatic heterocycles. The van der Waals surface area contributed by atoms with Gasteiger partial charge in [-0.05, 0) is 112 Å². The van der Waals surface area contributed by atoms with Gasteiger partial charge in [0, 0.05) is 31.2 Å². The van der Waals surface area contributed by atoms with Crippen molar-refractivity contribution in [2.24, 2.45) is 0 Å². The van der Waals surface area contributed by atoms with Gasteiger partial charge in [-0.2, -0.15) is 0 Å². The summed E-state index contributed by atoms with van der Waals surface area (Å²) in [6.07, 6.45) is 6.04. The average Bonchev–Trinajstić information content (AvgIpc) is 3.85. The molecule has 0 amide bonds. The van der Waals surface area contributed by atoms with Gasteiger partial charge in [-0.1, -0.05) is 12.1 Å². The van der Waals surface area contributed by atoms with E-state index in [9.17, 15) is 9.82 Å². The van der Waals surface area contributed by atoms with Crippen LogP contribution in [0.4, 0.5) is 11.4 Å². The van der Waals surface area contributed by atoms with E-state index < -0.39 is 25.4 Å². The number of halogens is 2. The number of aromatic nitrogens is 2. The molecule has 284 valence electrons. The molecule has 1 atom stereocenters. The smallest absolute Gasteiger partial charge is 1.00 e. The van der Waals surface area contributed by atoms with Crippen LogP contribution in [0.2, 0.25) is 0 Å². The van der Waals surface area contributed by atoms with Crippen LogP contribution >= 0.6 is 12.4 Å². The summed E-state index contributed by atoms with van der Waals surface area (Å²) in [6.45, 7) is 25.5. The quantitative estimate of drug-likeness (QED) is 0.173. The summed E-state index contributed by atoms with van der Waals surface area (Å²) in [4.78, 5) is 26.3. The van der Waals surface area contributed by atoms with E-state index in [2.05, 4.69) is 19.7 Å². The van der Waals surface area contributed by atoms with Gasteiger partial charge in [0.05, 0.1) is 30.5 Å². The van der Waals surface area contributed by atoms with Crippen molar-refractivity contribution < 1.29 is 55.0 Å². The molecular formula is C38H42B2BrClMgN4O8. The molecule has 0 bridgehead atoms. The van der Waals surface area contributed by atoms with Crippen LogP contribution in [0.3, 0.4) is 0 Å². The van der Waals surface area contributed by atoms with Gasteiger partial charge in [-0.15, -0.1) is 12.4 Å². The third-order valence-corrected chi connectivity index (χ3v) is 8.76. The van der Waals surface area contributed by atoms with Crippen molar-refractivity contribution in [2.45, 2.75) is 64.8 Å². The van der Waals surface area contributed by atoms with Crippen molar-refractivity contribution in [2.75, 3.05) is 13.2 Å². The van der Waals surface area contributed by atoms with Gasteiger partial charge in [-0.3, -0.25) is 4.79 Å². The molecule has 0 aliphatic carbocycles. The Morgan fingerprint density at radius 2 is 1.33 bits per heavy atom. The van der Waals surface area contributed by atoms with Crippen LogP contribution in [-0.4, -0.2) is 83.0 Å². The van der Waals surface area contributed by atoms with E-state index in [4.69, 9.17) is 41.3 Å². The molecule has 2 saturated heterocycles. The first-order valence-corrected chi connectivity index (χ1v) is 16.5. The monoisotopic (exact) mass is 842 g/mol. The Bertz CT molecular complexity index is 1900. The number of pyridine rings is 2. The normalized spacial score (nSPS) is 16.5. The standard InChI is InChI=1S/C19H19BN2O4.C14H11BN2O3.C4H8O.CH3.BrH.ClH.Mg/c1-18(2)19(3,4)26-20(25-18)16-8-7-15(10-13(16)12-23)24-17-9-6-14(21-5)11-22-17;1-9-12-7-11(4-5-13(12)15(18)20-9)19-14-6-3-10(16-2)8-17-14;1-2-4-5-3-1;;;;/h6-12H,1-4H3;3-9,18H,1H3;1-4H2;1H3;2*1H;/q;;;-1;;;+2/p-1. The molecule has 1 unspecified atom stereocenters. The first-order chi connectivity index (χ1) is 24.4. The molecule has 55 heavy (non-hydrogen) atoms. The summed E-state index contributed by atoms with van der Waals surface area (Å²) < 4.78 is 33.6. The van der Waals surface area contributed by atoms with Crippen LogP contribution in [0.5, 0.6) is 23.3 Å². The number of nitrogens with zero attached hydrogens (tertiary/aromatic N) is 4. The molecular weight excluding hydrogens is 802 g/mol. The summed E-state index contributed by atoms with van der Waals surface area (Å²) in [6, 6.07) is 17.0. The van der Waals surface area contributed by atoms with Gasteiger partial charge in [0.25, 0.3) is 0 Å². The minimum absolute atomic E-state index is 0. The summed E-state index contributed by atoms with van der Waals surface area (Å²) in [7, 11) is -1.49. The summed E-state index contributed by atoms with van der Waals surface area (Å²) in [5, 5.41) is 9.69. The van der Waals surface area contributed by atoms with Crippen molar-refractivity contribution in [1.29, 1.82) is 0 Å². The van der Waals surface area contributed by atoms with Crippen molar-refractivity contribution in [1.82, 2.24) is 9.97 Å². The molecule has 7 rings (SSSR count). The predicted molar refractivity (Wildman–Crippen MR) is 212 cm³/mol. The molecule has 0 saturated carbocycles. The number of ether oxygens (including phenoxy) is 3. The third kappa shape index (κ3) is 12.7. The molecule has 1 N–H and O–H groups in total. The SMILES string of the molecule is C1CCOC1.Cl.[Br-].[C-]#[N+]c1ccc(Oc2ccc(B3OC(C)(C)C(C)(C)O3)c(C=O)c2)nc1.[C-]#[N+]c1ccc(Oc2ccc3c(c2)C(C)OB3O)nc1.[CH3-].[Mg+2]. The second-order valence-corrected chi connectivity index (χ2v) is 12.9. The maximum Gasteiger partial charge on any atom is 2.00 e. The molecule has 3 aliphatic rings. The van der Waals surface area contributed by atoms with Crippen molar-refractivity contribution in [3.8, 4) is 23.3 Å². The van der Waals surface area contributed by atoms with Crippen LogP contribution < -0.4 is 37.4 Å². The van der Waals surface area contributed by atoms with Crippen LogP contribution in [0.1, 0.15) is 69.5 Å². The van der Waals surface area contributed by atoms with Crippen molar-refractivity contribution in [3.05, 3.63) is 114 Å². The number of rotatable bonds is 6. The second-order valence-electron chi connectivity index (χ2n) is 12.9. The fourth-order valence-electron chi connectivity index (χ4n) is 5.19. The number of carbonyl (C=O) groups excluding carboxylic acids is 1. The van der Waals surface area contributed by atoms with E-state index in [0.717, 1.165) is 30.5 Å². The Hall–Kier alpha value is -3.54. The molecule has 2 fully saturated rings. The van der Waals surface area contributed by atoms with E-state index in [0.29, 0.717) is 45.7 Å². The van der Waals surface area contributed by atoms with E-state index >= 15 is 0 Å². The largest absolute Gasteiger partial charge is 2.00 e. The van der Waals surface area contributed by atoms with Crippen LogP contribution in [0, 0.1) is 20.6 Å². The van der Waals surface area contributed by atoms with Gasteiger partial charge in [0.2, 0.25) is 23.1 Å². The van der Waals surface area contributed by atoms with E-state index in [1.165, 1.54) is 25.2 Å². The zero-order valence-electron chi connectivity index (χ0n) is 31.7.